The largest absolute Gasteiger partial charge is 0.415 e. The number of hydrogen-bond donors (Lipinski definition) is 3. The fourth-order valence-corrected chi connectivity index (χ4v) is 4.13. The lowest BCUT2D eigenvalue weighted by atomic mass is 10.1. The molecule has 0 aliphatic rings. The number of carbonyl (C=O) groups is 4. The minimum atomic E-state index is -1.05. The molecule has 0 saturated heterocycles. The number of benzene rings is 1. The fraction of sp³-hybridized carbons (Fsp3) is 0.643. The number of amides is 4. The van der Waals surface area contributed by atoms with Gasteiger partial charge < -0.3 is 26.0 Å². The first kappa shape index (κ1) is 33.4. The van der Waals surface area contributed by atoms with E-state index in [1.165, 1.54) is 56.3 Å². The van der Waals surface area contributed by atoms with E-state index in [0.717, 1.165) is 23.7 Å². The van der Waals surface area contributed by atoms with Gasteiger partial charge in [0.2, 0.25) is 17.7 Å². The predicted molar refractivity (Wildman–Crippen MR) is 153 cm³/mol. The van der Waals surface area contributed by atoms with Gasteiger partial charge >= 0.3 is 6.09 Å². The number of likely N-dealkylation sites (N-methyl/N-ethyl adjacent to an activating group) is 1. The molecule has 4 N–H and O–H groups in total. The third-order valence-electron chi connectivity index (χ3n) is 6.14. The molecule has 4 amide bonds. The normalized spacial score (nSPS) is 11.4. The number of ether oxygens (including phenoxy) is 1. The Labute approximate surface area is 235 Å². The van der Waals surface area contributed by atoms with Crippen LogP contribution in [-0.2, 0) is 14.4 Å². The summed E-state index contributed by atoms with van der Waals surface area (Å²) in [6.45, 7) is 2.52. The van der Waals surface area contributed by atoms with Gasteiger partial charge in [-0.3, -0.25) is 14.4 Å². The van der Waals surface area contributed by atoms with Gasteiger partial charge in [-0.25, -0.2) is 4.79 Å². The molecule has 1 aromatic carbocycles. The van der Waals surface area contributed by atoms with Crippen LogP contribution in [0.2, 0.25) is 0 Å². The lowest BCUT2D eigenvalue weighted by molar-refractivity contribution is -0.131. The van der Waals surface area contributed by atoms with Crippen LogP contribution in [0.15, 0.2) is 28.7 Å². The zero-order chi connectivity index (χ0) is 28.2. The first-order valence-corrected chi connectivity index (χ1v) is 14.6. The molecule has 10 heteroatoms. The van der Waals surface area contributed by atoms with E-state index in [1.807, 2.05) is 0 Å². The summed E-state index contributed by atoms with van der Waals surface area (Å²) in [5, 5.41) is 5.27. The fourth-order valence-electron chi connectivity index (χ4n) is 3.87. The van der Waals surface area contributed by atoms with Gasteiger partial charge in [-0.2, -0.15) is 0 Å². The van der Waals surface area contributed by atoms with E-state index in [1.54, 1.807) is 31.3 Å². The van der Waals surface area contributed by atoms with Crippen molar-refractivity contribution in [1.29, 1.82) is 0 Å². The van der Waals surface area contributed by atoms with E-state index in [2.05, 4.69) is 33.5 Å². The van der Waals surface area contributed by atoms with Crippen molar-refractivity contribution in [2.75, 3.05) is 20.1 Å². The number of carbonyl (C=O) groups excluding carboxylic acids is 4. The van der Waals surface area contributed by atoms with Crippen LogP contribution in [0.4, 0.5) is 4.79 Å². The molecule has 214 valence electrons. The van der Waals surface area contributed by atoms with Crippen molar-refractivity contribution in [2.24, 2.45) is 5.73 Å². The van der Waals surface area contributed by atoms with Crippen molar-refractivity contribution in [3.63, 3.8) is 0 Å². The predicted octanol–water partition coefficient (Wildman–Crippen LogP) is 5.06. The highest BCUT2D eigenvalue weighted by molar-refractivity contribution is 9.10. The molecule has 0 heterocycles. The molecule has 0 aliphatic carbocycles. The number of halogens is 1. The Morgan fingerprint density at radius 2 is 1.47 bits per heavy atom. The molecule has 0 spiro atoms. The smallest absolute Gasteiger partial charge is 0.410 e. The maximum absolute atomic E-state index is 12.6. The second kappa shape index (κ2) is 20.4. The van der Waals surface area contributed by atoms with Crippen LogP contribution in [0.5, 0.6) is 5.75 Å². The van der Waals surface area contributed by atoms with Gasteiger partial charge in [0, 0.05) is 31.0 Å². The molecule has 1 rings (SSSR count). The summed E-state index contributed by atoms with van der Waals surface area (Å²) < 4.78 is 6.13. The summed E-state index contributed by atoms with van der Waals surface area (Å²) in [6.07, 6.45) is 12.4. The van der Waals surface area contributed by atoms with Crippen molar-refractivity contribution in [3.05, 3.63) is 28.7 Å². The molecule has 0 saturated carbocycles. The maximum atomic E-state index is 12.6. The molecule has 38 heavy (non-hydrogen) atoms. The van der Waals surface area contributed by atoms with Gasteiger partial charge in [0.05, 0.1) is 6.42 Å². The van der Waals surface area contributed by atoms with Gasteiger partial charge in [-0.15, -0.1) is 0 Å². The zero-order valence-electron chi connectivity index (χ0n) is 22.9. The first-order valence-electron chi connectivity index (χ1n) is 13.8. The summed E-state index contributed by atoms with van der Waals surface area (Å²) in [5.41, 5.74) is 5.28. The van der Waals surface area contributed by atoms with Gasteiger partial charge in [-0.1, -0.05) is 87.1 Å². The molecule has 9 nitrogen and oxygen atoms in total. The zero-order valence-corrected chi connectivity index (χ0v) is 24.5. The third kappa shape index (κ3) is 16.3. The summed E-state index contributed by atoms with van der Waals surface area (Å²) in [4.78, 5) is 49.9. The average Bonchev–Trinajstić information content (AvgIpc) is 2.87. The summed E-state index contributed by atoms with van der Waals surface area (Å²) >= 11 is 3.32. The van der Waals surface area contributed by atoms with Gasteiger partial charge in [0.25, 0.3) is 0 Å². The number of rotatable bonds is 20. The molecule has 0 radical (unpaired) electrons. The number of nitrogens with two attached hydrogens (primary N) is 1. The van der Waals surface area contributed by atoms with E-state index < -0.39 is 23.9 Å². The molecule has 0 bridgehead atoms. The van der Waals surface area contributed by atoms with Crippen molar-refractivity contribution >= 4 is 39.7 Å². The van der Waals surface area contributed by atoms with Crippen LogP contribution < -0.4 is 21.1 Å². The molecular formula is C28H45BrN4O5. The van der Waals surface area contributed by atoms with Crippen LogP contribution in [0.1, 0.15) is 90.4 Å². The standard InChI is InChI=1S/C28H45BrN4O5/c1-3-4-5-6-7-8-9-10-11-12-13-14-26(35)32-24(21-25(30)34)27(36)31-19-20-33(2)28(37)38-23-17-15-22(29)16-18-23/h15-18,24H,3-14,19-21H2,1-2H3,(H2,30,34)(H,31,36)(H,32,35)/t24-/m1/s1. The van der Waals surface area contributed by atoms with Crippen LogP contribution in [-0.4, -0.2) is 54.9 Å². The Morgan fingerprint density at radius 1 is 0.921 bits per heavy atom. The van der Waals surface area contributed by atoms with Gasteiger partial charge in [0.15, 0.2) is 0 Å². The molecule has 0 aliphatic heterocycles. The molecule has 1 atom stereocenters. The molecule has 1 aromatic rings. The average molecular weight is 598 g/mol. The SMILES string of the molecule is CCCCCCCCCCCCCC(=O)N[C@H](CC(N)=O)C(=O)NCCN(C)C(=O)Oc1ccc(Br)cc1. The van der Waals surface area contributed by atoms with E-state index in [4.69, 9.17) is 10.5 Å². The highest BCUT2D eigenvalue weighted by Crippen LogP contribution is 2.16. The molecule has 0 aromatic heterocycles. The summed E-state index contributed by atoms with van der Waals surface area (Å²) in [7, 11) is 1.55. The lowest BCUT2D eigenvalue weighted by Gasteiger charge is -2.20. The van der Waals surface area contributed by atoms with E-state index in [9.17, 15) is 19.2 Å². The van der Waals surface area contributed by atoms with Crippen LogP contribution in [0.25, 0.3) is 0 Å². The molecular weight excluding hydrogens is 552 g/mol. The Morgan fingerprint density at radius 3 is 2.03 bits per heavy atom. The Kier molecular flexibility index (Phi) is 17.9. The Bertz CT molecular complexity index is 850. The highest BCUT2D eigenvalue weighted by atomic mass is 79.9. The summed E-state index contributed by atoms with van der Waals surface area (Å²) in [6, 6.07) is 5.78. The van der Waals surface area contributed by atoms with Crippen molar-refractivity contribution in [1.82, 2.24) is 15.5 Å². The van der Waals surface area contributed by atoms with Crippen molar-refractivity contribution in [3.8, 4) is 5.75 Å². The highest BCUT2D eigenvalue weighted by Gasteiger charge is 2.23. The van der Waals surface area contributed by atoms with E-state index in [0.29, 0.717) is 12.2 Å². The van der Waals surface area contributed by atoms with E-state index in [-0.39, 0.29) is 25.4 Å². The topological polar surface area (TPSA) is 131 Å². The van der Waals surface area contributed by atoms with E-state index >= 15 is 0 Å². The van der Waals surface area contributed by atoms with Crippen LogP contribution in [0, 0.1) is 0 Å². The number of unbranched alkanes of at least 4 members (excludes halogenated alkanes) is 10. The minimum absolute atomic E-state index is 0.120. The van der Waals surface area contributed by atoms with Gasteiger partial charge in [-0.05, 0) is 30.7 Å². The molecule has 0 unspecified atom stereocenters. The first-order chi connectivity index (χ1) is 18.2. The third-order valence-corrected chi connectivity index (χ3v) is 6.67. The number of hydrogen-bond acceptors (Lipinski definition) is 5. The second-order valence-corrected chi connectivity index (χ2v) is 10.5. The minimum Gasteiger partial charge on any atom is -0.410 e. The quantitative estimate of drug-likeness (QED) is 0.181. The van der Waals surface area contributed by atoms with Crippen LogP contribution in [0.3, 0.4) is 0 Å². The second-order valence-electron chi connectivity index (χ2n) is 9.61. The Hall–Kier alpha value is -2.62. The number of primary amides is 1. The molecule has 0 fully saturated rings. The Balaban J connectivity index is 2.28. The van der Waals surface area contributed by atoms with Crippen molar-refractivity contribution in [2.45, 2.75) is 96.4 Å². The van der Waals surface area contributed by atoms with Crippen LogP contribution >= 0.6 is 15.9 Å². The monoisotopic (exact) mass is 596 g/mol. The number of nitrogens with zero attached hydrogens (tertiary/aromatic N) is 1. The van der Waals surface area contributed by atoms with Gasteiger partial charge in [0.1, 0.15) is 11.8 Å². The summed E-state index contributed by atoms with van der Waals surface area (Å²) in [5.74, 6) is -1.09. The van der Waals surface area contributed by atoms with Crippen molar-refractivity contribution < 1.29 is 23.9 Å². The maximum Gasteiger partial charge on any atom is 0.415 e. The lowest BCUT2D eigenvalue weighted by Crippen LogP contribution is -2.50. The number of nitrogens with one attached hydrogen (secondary N) is 2.